The van der Waals surface area contributed by atoms with Crippen molar-refractivity contribution in [2.75, 3.05) is 0 Å². The van der Waals surface area contributed by atoms with Crippen molar-refractivity contribution in [3.05, 3.63) is 114 Å². The molecule has 4 aromatic rings. The van der Waals surface area contributed by atoms with Crippen molar-refractivity contribution in [2.24, 2.45) is 0 Å². The van der Waals surface area contributed by atoms with Crippen LogP contribution in [0.15, 0.2) is 91.4 Å². The highest BCUT2D eigenvalue weighted by Crippen LogP contribution is 2.21. The lowest BCUT2D eigenvalue weighted by Crippen LogP contribution is -2.29. The van der Waals surface area contributed by atoms with Crippen LogP contribution in [0.25, 0.3) is 0 Å². The maximum Gasteiger partial charge on any atom is 0.274 e. The zero-order chi connectivity index (χ0) is 19.2. The summed E-state index contributed by atoms with van der Waals surface area (Å²) in [4.78, 5) is 16.9. The first-order valence-corrected chi connectivity index (χ1v) is 8.99. The standard InChI is InChI=1S/C22H19N5O/c28-22(20-16-27(26-25-20)15-17-7-3-1-4-8-17)24-21(18-9-5-2-6-10-18)19-11-13-23-14-12-19/h1-14,16,21H,15H2,(H,24,28). The van der Waals surface area contributed by atoms with Crippen molar-refractivity contribution in [1.29, 1.82) is 0 Å². The number of carbonyl (C=O) groups is 1. The number of hydrogen-bond donors (Lipinski definition) is 1. The van der Waals surface area contributed by atoms with E-state index in [-0.39, 0.29) is 17.6 Å². The first-order chi connectivity index (χ1) is 13.8. The molecule has 2 aromatic heterocycles. The summed E-state index contributed by atoms with van der Waals surface area (Å²) in [6.45, 7) is 0.563. The second-order valence-electron chi connectivity index (χ2n) is 6.38. The molecule has 2 heterocycles. The molecule has 0 aliphatic carbocycles. The Morgan fingerprint density at radius 3 is 2.25 bits per heavy atom. The van der Waals surface area contributed by atoms with Gasteiger partial charge in [0.15, 0.2) is 5.69 Å². The third-order valence-corrected chi connectivity index (χ3v) is 4.41. The molecule has 4 rings (SSSR count). The topological polar surface area (TPSA) is 72.7 Å². The third kappa shape index (κ3) is 4.12. The number of nitrogens with zero attached hydrogens (tertiary/aromatic N) is 4. The van der Waals surface area contributed by atoms with Crippen LogP contribution in [0.4, 0.5) is 0 Å². The van der Waals surface area contributed by atoms with Crippen LogP contribution >= 0.6 is 0 Å². The summed E-state index contributed by atoms with van der Waals surface area (Å²) in [6, 6.07) is 23.2. The molecule has 2 aromatic carbocycles. The molecule has 0 saturated heterocycles. The predicted molar refractivity (Wildman–Crippen MR) is 106 cm³/mol. The molecule has 6 heteroatoms. The van der Waals surface area contributed by atoms with Gasteiger partial charge in [-0.3, -0.25) is 9.78 Å². The summed E-state index contributed by atoms with van der Waals surface area (Å²) in [5.41, 5.74) is 3.31. The fourth-order valence-corrected chi connectivity index (χ4v) is 3.02. The Hall–Kier alpha value is -3.80. The monoisotopic (exact) mass is 369 g/mol. The van der Waals surface area contributed by atoms with E-state index in [9.17, 15) is 4.79 Å². The summed E-state index contributed by atoms with van der Waals surface area (Å²) in [5, 5.41) is 11.2. The Labute approximate surface area is 162 Å². The summed E-state index contributed by atoms with van der Waals surface area (Å²) in [6.07, 6.45) is 5.10. The van der Waals surface area contributed by atoms with E-state index in [2.05, 4.69) is 20.6 Å². The van der Waals surface area contributed by atoms with E-state index in [1.165, 1.54) is 0 Å². The lowest BCUT2D eigenvalue weighted by atomic mass is 9.99. The van der Waals surface area contributed by atoms with Crippen LogP contribution in [0.3, 0.4) is 0 Å². The minimum Gasteiger partial charge on any atom is -0.340 e. The van der Waals surface area contributed by atoms with Crippen molar-refractivity contribution >= 4 is 5.91 Å². The Morgan fingerprint density at radius 2 is 1.54 bits per heavy atom. The maximum atomic E-state index is 12.8. The van der Waals surface area contributed by atoms with Gasteiger partial charge in [0, 0.05) is 12.4 Å². The molecular weight excluding hydrogens is 350 g/mol. The van der Waals surface area contributed by atoms with Gasteiger partial charge in [0.05, 0.1) is 18.8 Å². The molecule has 0 fully saturated rings. The smallest absolute Gasteiger partial charge is 0.274 e. The van der Waals surface area contributed by atoms with Crippen LogP contribution in [-0.2, 0) is 6.54 Å². The lowest BCUT2D eigenvalue weighted by molar-refractivity contribution is 0.0938. The van der Waals surface area contributed by atoms with Gasteiger partial charge in [-0.1, -0.05) is 65.9 Å². The number of rotatable bonds is 6. The third-order valence-electron chi connectivity index (χ3n) is 4.41. The highest BCUT2D eigenvalue weighted by atomic mass is 16.2. The van der Waals surface area contributed by atoms with Gasteiger partial charge >= 0.3 is 0 Å². The van der Waals surface area contributed by atoms with Gasteiger partial charge < -0.3 is 5.32 Å². The molecule has 0 saturated carbocycles. The van der Waals surface area contributed by atoms with Crippen LogP contribution in [0.1, 0.15) is 33.2 Å². The largest absolute Gasteiger partial charge is 0.340 e. The first-order valence-electron chi connectivity index (χ1n) is 8.99. The van der Waals surface area contributed by atoms with Crippen molar-refractivity contribution in [2.45, 2.75) is 12.6 Å². The van der Waals surface area contributed by atoms with E-state index >= 15 is 0 Å². The van der Waals surface area contributed by atoms with Crippen molar-refractivity contribution in [1.82, 2.24) is 25.3 Å². The van der Waals surface area contributed by atoms with Crippen LogP contribution in [0.2, 0.25) is 0 Å². The highest BCUT2D eigenvalue weighted by molar-refractivity contribution is 5.92. The van der Waals surface area contributed by atoms with Gasteiger partial charge in [-0.25, -0.2) is 4.68 Å². The first kappa shape index (κ1) is 17.6. The number of aromatic nitrogens is 4. The van der Waals surface area contributed by atoms with Crippen molar-refractivity contribution < 1.29 is 4.79 Å². The van der Waals surface area contributed by atoms with Crippen molar-refractivity contribution in [3.63, 3.8) is 0 Å². The number of benzene rings is 2. The highest BCUT2D eigenvalue weighted by Gasteiger charge is 2.19. The Balaban J connectivity index is 1.54. The predicted octanol–water partition coefficient (Wildman–Crippen LogP) is 3.24. The zero-order valence-electron chi connectivity index (χ0n) is 15.1. The summed E-state index contributed by atoms with van der Waals surface area (Å²) in [5.74, 6) is -0.273. The molecule has 0 bridgehead atoms. The maximum absolute atomic E-state index is 12.8. The minimum atomic E-state index is -0.295. The number of hydrogen-bond acceptors (Lipinski definition) is 4. The van der Waals surface area contributed by atoms with Crippen LogP contribution in [-0.4, -0.2) is 25.9 Å². The fourth-order valence-electron chi connectivity index (χ4n) is 3.02. The van der Waals surface area contributed by atoms with Gasteiger partial charge in [0.25, 0.3) is 5.91 Å². The van der Waals surface area contributed by atoms with E-state index in [0.717, 1.165) is 16.7 Å². The van der Waals surface area contributed by atoms with Gasteiger partial charge in [0.2, 0.25) is 0 Å². The lowest BCUT2D eigenvalue weighted by Gasteiger charge is -2.19. The molecule has 0 radical (unpaired) electrons. The van der Waals surface area contributed by atoms with E-state index in [1.54, 1.807) is 23.3 Å². The van der Waals surface area contributed by atoms with E-state index in [0.29, 0.717) is 6.54 Å². The summed E-state index contributed by atoms with van der Waals surface area (Å²) >= 11 is 0. The SMILES string of the molecule is O=C(NC(c1ccccc1)c1ccncc1)c1cn(Cc2ccccc2)nn1. The molecule has 0 aliphatic rings. The minimum absolute atomic E-state index is 0.273. The molecule has 1 atom stereocenters. The summed E-state index contributed by atoms with van der Waals surface area (Å²) < 4.78 is 1.66. The molecule has 28 heavy (non-hydrogen) atoms. The summed E-state index contributed by atoms with van der Waals surface area (Å²) in [7, 11) is 0. The molecule has 138 valence electrons. The van der Waals surface area contributed by atoms with Crippen LogP contribution in [0.5, 0.6) is 0 Å². The second kappa shape index (κ2) is 8.26. The number of carbonyl (C=O) groups excluding carboxylic acids is 1. The molecule has 0 aliphatic heterocycles. The molecule has 0 spiro atoms. The van der Waals surface area contributed by atoms with Crippen LogP contribution < -0.4 is 5.32 Å². The molecule has 1 unspecified atom stereocenters. The Morgan fingerprint density at radius 1 is 0.893 bits per heavy atom. The fraction of sp³-hybridized carbons (Fsp3) is 0.0909. The van der Waals surface area contributed by atoms with Gasteiger partial charge in [-0.15, -0.1) is 5.10 Å². The molecule has 1 N–H and O–H groups in total. The van der Waals surface area contributed by atoms with E-state index < -0.39 is 0 Å². The average molecular weight is 369 g/mol. The van der Waals surface area contributed by atoms with Crippen LogP contribution in [0, 0.1) is 0 Å². The molecule has 6 nitrogen and oxygen atoms in total. The Bertz CT molecular complexity index is 993. The number of nitrogens with one attached hydrogen (secondary N) is 1. The normalized spacial score (nSPS) is 11.7. The van der Waals surface area contributed by atoms with Gasteiger partial charge in [-0.05, 0) is 28.8 Å². The van der Waals surface area contributed by atoms with E-state index in [4.69, 9.17) is 0 Å². The average Bonchev–Trinajstić information content (AvgIpc) is 3.22. The number of amides is 1. The van der Waals surface area contributed by atoms with Gasteiger partial charge in [-0.2, -0.15) is 0 Å². The quantitative estimate of drug-likeness (QED) is 0.566. The molecular formula is C22H19N5O. The van der Waals surface area contributed by atoms with E-state index in [1.807, 2.05) is 72.8 Å². The number of pyridine rings is 1. The molecule has 1 amide bonds. The zero-order valence-corrected chi connectivity index (χ0v) is 15.1. The second-order valence-corrected chi connectivity index (χ2v) is 6.38. The Kier molecular flexibility index (Phi) is 5.20. The van der Waals surface area contributed by atoms with Gasteiger partial charge in [0.1, 0.15) is 0 Å². The van der Waals surface area contributed by atoms with Crippen molar-refractivity contribution in [3.8, 4) is 0 Å².